The van der Waals surface area contributed by atoms with Gasteiger partial charge in [-0.15, -0.1) is 0 Å². The van der Waals surface area contributed by atoms with E-state index in [2.05, 4.69) is 4.98 Å². The zero-order valence-corrected chi connectivity index (χ0v) is 12.8. The van der Waals surface area contributed by atoms with Crippen LogP contribution < -0.4 is 5.30 Å². The third-order valence-corrected chi connectivity index (χ3v) is 4.92. The first-order chi connectivity index (χ1) is 11.0. The van der Waals surface area contributed by atoms with Crippen LogP contribution in [0.25, 0.3) is 10.9 Å². The summed E-state index contributed by atoms with van der Waals surface area (Å²) in [6.45, 7) is 0. The second-order valence-electron chi connectivity index (χ2n) is 4.97. The molecule has 1 aromatic heterocycles. The molecule has 0 radical (unpaired) electrons. The minimum atomic E-state index is -4.33. The van der Waals surface area contributed by atoms with E-state index in [1.54, 1.807) is 42.5 Å². The number of aromatic amines is 1. The standard InChI is InChI=1S/C16H14NO5P/c18-16(19)15(11-6-2-1-3-7-11)22-23(20,21)14-10-17-13-9-5-4-8-12(13)14/h1-10,15,17H,(H,18,19)(H,20,21). The largest absolute Gasteiger partial charge is 0.479 e. The summed E-state index contributed by atoms with van der Waals surface area (Å²) in [4.78, 5) is 24.6. The SMILES string of the molecule is O=C(O)C(OP(=O)(O)c1c[nH]c2ccccc12)c1ccccc1. The van der Waals surface area contributed by atoms with Crippen molar-refractivity contribution in [1.82, 2.24) is 4.98 Å². The molecule has 0 fully saturated rings. The van der Waals surface area contributed by atoms with E-state index >= 15 is 0 Å². The lowest BCUT2D eigenvalue weighted by Crippen LogP contribution is -2.17. The van der Waals surface area contributed by atoms with Gasteiger partial charge in [0.15, 0.2) is 6.10 Å². The highest BCUT2D eigenvalue weighted by molar-refractivity contribution is 7.61. The Hall–Kier alpha value is -2.40. The van der Waals surface area contributed by atoms with Gasteiger partial charge in [-0.05, 0) is 11.6 Å². The fourth-order valence-electron chi connectivity index (χ4n) is 2.37. The Balaban J connectivity index is 1.99. The van der Waals surface area contributed by atoms with Gasteiger partial charge in [0.05, 0.1) is 5.30 Å². The fourth-order valence-corrected chi connectivity index (χ4v) is 3.70. The molecule has 3 rings (SSSR count). The monoisotopic (exact) mass is 331 g/mol. The van der Waals surface area contributed by atoms with Gasteiger partial charge in [-0.25, -0.2) is 4.79 Å². The Morgan fingerprint density at radius 2 is 1.74 bits per heavy atom. The van der Waals surface area contributed by atoms with Crippen molar-refractivity contribution in [3.63, 3.8) is 0 Å². The van der Waals surface area contributed by atoms with Gasteiger partial charge in [0.25, 0.3) is 0 Å². The normalized spacial score (nSPS) is 15.2. The van der Waals surface area contributed by atoms with Crippen LogP contribution in [-0.4, -0.2) is 21.0 Å². The van der Waals surface area contributed by atoms with Crippen LogP contribution in [0.2, 0.25) is 0 Å². The molecule has 1 heterocycles. The number of hydrogen-bond donors (Lipinski definition) is 3. The van der Waals surface area contributed by atoms with Crippen molar-refractivity contribution in [3.8, 4) is 0 Å². The molecule has 0 amide bonds. The maximum Gasteiger partial charge on any atom is 0.362 e. The van der Waals surface area contributed by atoms with E-state index in [1.807, 2.05) is 0 Å². The molecule has 0 aliphatic carbocycles. The molecule has 23 heavy (non-hydrogen) atoms. The molecule has 2 aromatic carbocycles. The highest BCUT2D eigenvalue weighted by Crippen LogP contribution is 2.47. The van der Waals surface area contributed by atoms with Crippen LogP contribution in [0, 0.1) is 0 Å². The first kappa shape index (κ1) is 15.5. The van der Waals surface area contributed by atoms with E-state index in [9.17, 15) is 19.4 Å². The van der Waals surface area contributed by atoms with E-state index in [0.29, 0.717) is 16.5 Å². The Kier molecular flexibility index (Phi) is 4.05. The smallest absolute Gasteiger partial charge is 0.362 e. The van der Waals surface area contributed by atoms with Crippen LogP contribution in [0.4, 0.5) is 0 Å². The average Bonchev–Trinajstić information content (AvgIpc) is 2.98. The topological polar surface area (TPSA) is 99.6 Å². The lowest BCUT2D eigenvalue weighted by atomic mass is 10.1. The molecule has 3 aromatic rings. The Morgan fingerprint density at radius 1 is 1.09 bits per heavy atom. The lowest BCUT2D eigenvalue weighted by Gasteiger charge is -2.18. The van der Waals surface area contributed by atoms with E-state index in [4.69, 9.17) is 4.52 Å². The Morgan fingerprint density at radius 3 is 2.43 bits per heavy atom. The predicted molar refractivity (Wildman–Crippen MR) is 85.7 cm³/mol. The third kappa shape index (κ3) is 3.05. The zero-order valence-electron chi connectivity index (χ0n) is 11.9. The van der Waals surface area contributed by atoms with Crippen LogP contribution in [0.15, 0.2) is 60.8 Å². The van der Waals surface area contributed by atoms with Gasteiger partial charge in [-0.1, -0.05) is 48.5 Å². The van der Waals surface area contributed by atoms with Crippen molar-refractivity contribution in [3.05, 3.63) is 66.4 Å². The van der Waals surface area contributed by atoms with Gasteiger partial charge in [0.2, 0.25) is 0 Å². The maximum atomic E-state index is 12.6. The molecular weight excluding hydrogens is 317 g/mol. The van der Waals surface area contributed by atoms with Crippen molar-refractivity contribution in [2.24, 2.45) is 0 Å². The first-order valence-electron chi connectivity index (χ1n) is 6.84. The molecule has 0 aliphatic rings. The quantitative estimate of drug-likeness (QED) is 0.624. The fraction of sp³-hybridized carbons (Fsp3) is 0.0625. The number of para-hydroxylation sites is 1. The zero-order chi connectivity index (χ0) is 16.4. The number of nitrogens with one attached hydrogen (secondary N) is 1. The van der Waals surface area contributed by atoms with Crippen LogP contribution in [-0.2, 0) is 13.9 Å². The minimum Gasteiger partial charge on any atom is -0.479 e. The van der Waals surface area contributed by atoms with Crippen LogP contribution in [0.3, 0.4) is 0 Å². The summed E-state index contributed by atoms with van der Waals surface area (Å²) in [5.41, 5.74) is 0.973. The van der Waals surface area contributed by atoms with Gasteiger partial charge in [-0.2, -0.15) is 0 Å². The van der Waals surface area contributed by atoms with Crippen molar-refractivity contribution in [2.75, 3.05) is 0 Å². The first-order valence-corrected chi connectivity index (χ1v) is 8.42. The number of carboxylic acid groups (broad SMARTS) is 1. The molecule has 0 saturated heterocycles. The number of carboxylic acids is 1. The van der Waals surface area contributed by atoms with E-state index in [0.717, 1.165) is 0 Å². The average molecular weight is 331 g/mol. The summed E-state index contributed by atoms with van der Waals surface area (Å²) < 4.78 is 17.8. The number of fused-ring (bicyclic) bond motifs is 1. The van der Waals surface area contributed by atoms with Crippen LogP contribution in [0.1, 0.15) is 11.7 Å². The summed E-state index contributed by atoms with van der Waals surface area (Å²) in [5.74, 6) is -1.33. The molecule has 3 N–H and O–H groups in total. The van der Waals surface area contributed by atoms with Gasteiger partial charge in [-0.3, -0.25) is 9.09 Å². The molecule has 2 unspecified atom stereocenters. The number of hydrogen-bond acceptors (Lipinski definition) is 3. The molecule has 0 saturated carbocycles. The molecule has 0 spiro atoms. The number of benzene rings is 2. The molecular formula is C16H14NO5P. The number of rotatable bonds is 5. The summed E-state index contributed by atoms with van der Waals surface area (Å²) >= 11 is 0. The van der Waals surface area contributed by atoms with Crippen LogP contribution >= 0.6 is 7.60 Å². The summed E-state index contributed by atoms with van der Waals surface area (Å²) in [5, 5.41) is 9.91. The van der Waals surface area contributed by atoms with Crippen molar-refractivity contribution < 1.29 is 23.9 Å². The Labute approximate surface area is 131 Å². The molecule has 7 heteroatoms. The summed E-state index contributed by atoms with van der Waals surface area (Å²) in [7, 11) is -4.33. The van der Waals surface area contributed by atoms with E-state index in [1.165, 1.54) is 18.3 Å². The van der Waals surface area contributed by atoms with Crippen LogP contribution in [0.5, 0.6) is 0 Å². The number of aliphatic carboxylic acids is 1. The summed E-state index contributed by atoms with van der Waals surface area (Å²) in [6, 6.07) is 15.0. The van der Waals surface area contributed by atoms with Crippen molar-refractivity contribution in [2.45, 2.75) is 6.10 Å². The highest BCUT2D eigenvalue weighted by atomic mass is 31.2. The maximum absolute atomic E-state index is 12.6. The number of H-pyrrole nitrogens is 1. The Bertz CT molecular complexity index is 890. The second-order valence-corrected chi connectivity index (χ2v) is 6.71. The molecule has 2 atom stereocenters. The molecule has 0 aliphatic heterocycles. The lowest BCUT2D eigenvalue weighted by molar-refractivity contribution is -0.145. The van der Waals surface area contributed by atoms with E-state index < -0.39 is 19.7 Å². The van der Waals surface area contributed by atoms with Gasteiger partial charge >= 0.3 is 13.6 Å². The minimum absolute atomic E-state index is 0.0512. The van der Waals surface area contributed by atoms with Crippen molar-refractivity contribution in [1.29, 1.82) is 0 Å². The molecule has 6 nitrogen and oxygen atoms in total. The van der Waals surface area contributed by atoms with Gasteiger partial charge < -0.3 is 15.0 Å². The third-order valence-electron chi connectivity index (χ3n) is 3.45. The van der Waals surface area contributed by atoms with Gasteiger partial charge in [0, 0.05) is 17.1 Å². The number of carbonyl (C=O) groups is 1. The van der Waals surface area contributed by atoms with Crippen molar-refractivity contribution >= 4 is 29.8 Å². The highest BCUT2D eigenvalue weighted by Gasteiger charge is 2.34. The second kappa shape index (κ2) is 6.01. The molecule has 0 bridgehead atoms. The predicted octanol–water partition coefficient (Wildman–Crippen LogP) is 2.82. The summed E-state index contributed by atoms with van der Waals surface area (Å²) in [6.07, 6.45) is -0.157. The van der Waals surface area contributed by atoms with E-state index in [-0.39, 0.29) is 5.30 Å². The molecule has 118 valence electrons. The number of aromatic nitrogens is 1. The van der Waals surface area contributed by atoms with Gasteiger partial charge in [0.1, 0.15) is 0 Å².